The minimum absolute atomic E-state index is 0.285. The van der Waals surface area contributed by atoms with Crippen LogP contribution < -0.4 is 0 Å². The molecule has 0 N–H and O–H groups in total. The molecule has 0 fully saturated rings. The Labute approximate surface area is 273 Å². The van der Waals surface area contributed by atoms with E-state index in [0.29, 0.717) is 10.1 Å². The maximum absolute atomic E-state index is 3.13. The molecule has 234 valence electrons. The van der Waals surface area contributed by atoms with Crippen LogP contribution in [0.3, 0.4) is 0 Å². The first-order valence-corrected chi connectivity index (χ1v) is 31.6. The van der Waals surface area contributed by atoms with Crippen LogP contribution in [0.2, 0.25) is 49.9 Å². The van der Waals surface area contributed by atoms with Crippen LogP contribution in [0.15, 0.2) is 36.0 Å². The Morgan fingerprint density at radius 1 is 0.537 bits per heavy atom. The van der Waals surface area contributed by atoms with Gasteiger partial charge in [-0.1, -0.05) is 0 Å². The molecule has 1 aromatic rings. The molecule has 0 atom stereocenters. The van der Waals surface area contributed by atoms with E-state index in [-0.39, 0.29) is 20.2 Å². The predicted molar refractivity (Wildman–Crippen MR) is 205 cm³/mol. The molecular formula is C35H69GeSi5-. The van der Waals surface area contributed by atoms with Gasteiger partial charge < -0.3 is 0 Å². The summed E-state index contributed by atoms with van der Waals surface area (Å²) in [7, 11) is -4.93. The second-order valence-electron chi connectivity index (χ2n) is 19.7. The quantitative estimate of drug-likeness (QED) is 0.259. The van der Waals surface area contributed by atoms with E-state index in [1.807, 2.05) is 0 Å². The Morgan fingerprint density at radius 2 is 0.829 bits per heavy atom. The Hall–Kier alpha value is 0.587. The Kier molecular flexibility index (Phi) is 11.3. The second kappa shape index (κ2) is 11.7. The average molecular weight is 703 g/mol. The third-order valence-electron chi connectivity index (χ3n) is 12.5. The van der Waals surface area contributed by atoms with E-state index in [1.54, 1.807) is 4.41 Å². The van der Waals surface area contributed by atoms with Crippen molar-refractivity contribution in [3.05, 3.63) is 41.6 Å². The number of hydrogen-bond donors (Lipinski definition) is 0. The first-order chi connectivity index (χ1) is 17.7. The summed E-state index contributed by atoms with van der Waals surface area (Å²) < 4.78 is 1.56. The van der Waals surface area contributed by atoms with E-state index >= 15 is 0 Å². The molecule has 0 aliphatic rings. The van der Waals surface area contributed by atoms with Gasteiger partial charge in [-0.15, -0.1) is 0 Å². The molecule has 0 saturated heterocycles. The molecule has 4 radical (unpaired) electrons. The SMILES string of the molecule is CC(C)(C)[Si](C)([Si-][Si](/C=[C](\[Ge])c1ccccc1)([Si](C)(C(C)(C)C)C(C)(C)C)[Si](C)(C(C)(C)C)C(C)(C)C)C(C)(C)C. The Bertz CT molecular complexity index is 982. The van der Waals surface area contributed by atoms with E-state index < -0.39 is 29.4 Å². The molecule has 0 saturated carbocycles. The number of rotatable bonds is 6. The molecule has 1 rings (SSSR count). The van der Waals surface area contributed by atoms with E-state index in [9.17, 15) is 0 Å². The number of benzene rings is 1. The zero-order valence-electron chi connectivity index (χ0n) is 31.5. The molecule has 0 unspecified atom stereocenters. The van der Waals surface area contributed by atoms with Crippen molar-refractivity contribution in [2.24, 2.45) is 0 Å². The van der Waals surface area contributed by atoms with Crippen molar-refractivity contribution in [3.63, 3.8) is 0 Å². The van der Waals surface area contributed by atoms with Gasteiger partial charge in [-0.2, -0.15) is 0 Å². The summed E-state index contributed by atoms with van der Waals surface area (Å²) in [4.78, 5) is 0. The van der Waals surface area contributed by atoms with Crippen LogP contribution in [0.25, 0.3) is 4.41 Å². The van der Waals surface area contributed by atoms with Gasteiger partial charge in [0.05, 0.1) is 0 Å². The monoisotopic (exact) mass is 703 g/mol. The molecule has 41 heavy (non-hydrogen) atoms. The van der Waals surface area contributed by atoms with Crippen LogP contribution in [0.5, 0.6) is 0 Å². The summed E-state index contributed by atoms with van der Waals surface area (Å²) in [6.45, 7) is 54.1. The molecule has 0 aromatic heterocycles. The molecule has 0 spiro atoms. The summed E-state index contributed by atoms with van der Waals surface area (Å²) in [5.41, 5.74) is 4.57. The van der Waals surface area contributed by atoms with E-state index in [1.165, 1.54) is 5.56 Å². The van der Waals surface area contributed by atoms with Crippen molar-refractivity contribution in [3.8, 4) is 0 Å². The van der Waals surface area contributed by atoms with E-state index in [0.717, 1.165) is 8.55 Å². The summed E-state index contributed by atoms with van der Waals surface area (Å²) >= 11 is 2.48. The molecule has 0 aliphatic heterocycles. The van der Waals surface area contributed by atoms with Crippen LogP contribution >= 0.6 is 0 Å². The molecular weight excluding hydrogens is 633 g/mol. The zero-order valence-corrected chi connectivity index (χ0v) is 38.6. The van der Waals surface area contributed by atoms with Crippen molar-refractivity contribution >= 4 is 58.9 Å². The van der Waals surface area contributed by atoms with Crippen molar-refractivity contribution in [2.45, 2.75) is 174 Å². The summed E-state index contributed by atoms with van der Waals surface area (Å²) in [5, 5.41) is 1.79. The molecule has 0 nitrogen and oxygen atoms in total. The van der Waals surface area contributed by atoms with Gasteiger partial charge in [0.15, 0.2) is 0 Å². The number of hydrogen-bond acceptors (Lipinski definition) is 0. The first-order valence-electron chi connectivity index (χ1n) is 16.0. The average Bonchev–Trinajstić information content (AvgIpc) is 2.73. The fraction of sp³-hybridized carbons (Fsp3) is 0.771. The fourth-order valence-corrected chi connectivity index (χ4v) is 137. The van der Waals surface area contributed by atoms with Gasteiger partial charge in [0.25, 0.3) is 0 Å². The van der Waals surface area contributed by atoms with Crippen molar-refractivity contribution in [2.75, 3.05) is 0 Å². The van der Waals surface area contributed by atoms with Gasteiger partial charge >= 0.3 is 275 Å². The summed E-state index contributed by atoms with van der Waals surface area (Å²) in [6.07, 6.45) is 0. The molecule has 0 heterocycles. The Morgan fingerprint density at radius 3 is 1.07 bits per heavy atom. The fourth-order valence-electron chi connectivity index (χ4n) is 8.50. The molecule has 0 bridgehead atoms. The van der Waals surface area contributed by atoms with Crippen LogP contribution in [0, 0.1) is 0 Å². The first kappa shape index (κ1) is 39.6. The zero-order chi connectivity index (χ0) is 33.1. The van der Waals surface area contributed by atoms with Gasteiger partial charge in [-0.05, 0) is 0 Å². The van der Waals surface area contributed by atoms with Gasteiger partial charge in [0.2, 0.25) is 0 Å². The van der Waals surface area contributed by atoms with Gasteiger partial charge in [0, 0.05) is 0 Å². The van der Waals surface area contributed by atoms with Crippen LogP contribution in [0.4, 0.5) is 0 Å². The minimum atomic E-state index is -2.24. The van der Waals surface area contributed by atoms with Crippen molar-refractivity contribution in [1.82, 2.24) is 0 Å². The third kappa shape index (κ3) is 6.61. The molecule has 0 amide bonds. The summed E-state index contributed by atoms with van der Waals surface area (Å²) in [5.74, 6) is 0. The maximum atomic E-state index is 3.13. The third-order valence-corrected chi connectivity index (χ3v) is 96.5. The Balaban J connectivity index is 4.93. The van der Waals surface area contributed by atoms with E-state index in [4.69, 9.17) is 0 Å². The molecule has 1 aromatic carbocycles. The molecule has 0 aliphatic carbocycles. The van der Waals surface area contributed by atoms with Gasteiger partial charge in [-0.25, -0.2) is 0 Å². The van der Waals surface area contributed by atoms with Crippen LogP contribution in [-0.4, -0.2) is 54.5 Å². The predicted octanol–water partition coefficient (Wildman–Crippen LogP) is 12.1. The van der Waals surface area contributed by atoms with Crippen LogP contribution in [0.1, 0.15) is 130 Å². The normalized spacial score (nSPS) is 16.3. The van der Waals surface area contributed by atoms with Gasteiger partial charge in [0.1, 0.15) is 0 Å². The van der Waals surface area contributed by atoms with E-state index in [2.05, 4.69) is 197 Å². The van der Waals surface area contributed by atoms with Crippen molar-refractivity contribution < 1.29 is 0 Å². The topological polar surface area (TPSA) is 0 Å². The van der Waals surface area contributed by atoms with Crippen molar-refractivity contribution in [1.29, 1.82) is 0 Å². The molecule has 6 heteroatoms. The van der Waals surface area contributed by atoms with Crippen LogP contribution in [-0.2, 0) is 0 Å². The second-order valence-corrected chi connectivity index (χ2v) is 62.4. The summed E-state index contributed by atoms with van der Waals surface area (Å²) in [6, 6.07) is 11.4. The standard InChI is InChI=1S/C35H69GeSi5/c1-30(2,3)38(19,31(4,5)6)37-41(27-29(36)28-25-23-22-24-26-28,39(20,32(7,8)9)33(10,11)12)40(21,34(13,14)15)35(16,17)18/h22-27H,1-21H3/q-1/b29-27-. The van der Waals surface area contributed by atoms with Gasteiger partial charge in [-0.3, -0.25) is 0 Å².